The fourth-order valence-electron chi connectivity index (χ4n) is 9.64. The molecule has 7 heterocycles. The minimum absolute atomic E-state index is 0.101. The third-order valence-corrected chi connectivity index (χ3v) is 16.4. The zero-order valence-corrected chi connectivity index (χ0v) is 34.0. The van der Waals surface area contributed by atoms with Crippen molar-refractivity contribution in [3.63, 3.8) is 0 Å². The standard InChI is InChI=1S/C37H36F3I2N6OPS/c1-2-20-15-28-30-33(31(40)32(44-28)25-6-3-5-21-7-9-26(39)24(29(21)25)11-14-51-50(41)42)45-36(49-19-37-12-4-13-47(37)17-22(38)16-37)46-35(30)48-18-23-8-10-27(43-23)34(20)48/h3,5-7,9,20,22-23,27,34,43H,2,4,8,10,12-13,15-19H2,1H3/t20-,22+,23+,27-,34-,37-/m0/s1. The second-order valence-corrected chi connectivity index (χ2v) is 32.2. The molecular weight excluding hydrogens is 918 g/mol. The van der Waals surface area contributed by atoms with Gasteiger partial charge in [-0.25, -0.2) is 18.2 Å². The molecule has 51 heavy (non-hydrogen) atoms. The lowest BCUT2D eigenvalue weighted by molar-refractivity contribution is 0.107. The van der Waals surface area contributed by atoms with E-state index in [0.29, 0.717) is 53.6 Å². The molecule has 6 atom stereocenters. The van der Waals surface area contributed by atoms with Crippen LogP contribution in [0, 0.1) is 28.7 Å². The number of halogens is 5. The summed E-state index contributed by atoms with van der Waals surface area (Å²) in [4.78, 5) is 19.6. The molecule has 0 unspecified atom stereocenters. The minimum atomic E-state index is -0.892. The molecule has 2 aromatic heterocycles. The average Bonchev–Trinajstić information content (AvgIpc) is 3.76. The molecule has 2 bridgehead atoms. The highest BCUT2D eigenvalue weighted by Gasteiger charge is 2.50. The van der Waals surface area contributed by atoms with Crippen LogP contribution in [0.2, 0.25) is 0 Å². The van der Waals surface area contributed by atoms with Gasteiger partial charge in [0.25, 0.3) is 0 Å². The molecule has 14 heteroatoms. The molecule has 0 saturated carbocycles. The number of anilines is 1. The number of aromatic nitrogens is 3. The normalized spacial score (nSPS) is 28.2. The Kier molecular flexibility index (Phi) is 9.52. The van der Waals surface area contributed by atoms with E-state index in [0.717, 1.165) is 56.3 Å². The number of piperazine rings is 1. The molecule has 2 aromatic carbocycles. The van der Waals surface area contributed by atoms with Crippen molar-refractivity contribution in [2.75, 3.05) is 31.1 Å². The molecule has 1 N–H and O–H groups in total. The molecule has 4 fully saturated rings. The highest BCUT2D eigenvalue weighted by Crippen LogP contribution is 2.64. The summed E-state index contributed by atoms with van der Waals surface area (Å²) in [6.07, 6.45) is 5.08. The molecule has 0 spiro atoms. The summed E-state index contributed by atoms with van der Waals surface area (Å²) in [5.74, 6) is 2.91. The Morgan fingerprint density at radius 1 is 1.12 bits per heavy atom. The fourth-order valence-corrected chi connectivity index (χ4v) is 12.0. The Balaban J connectivity index is 1.24. The molecule has 0 radical (unpaired) electrons. The van der Waals surface area contributed by atoms with Gasteiger partial charge >= 0.3 is 6.01 Å². The van der Waals surface area contributed by atoms with E-state index >= 15 is 8.78 Å². The zero-order chi connectivity index (χ0) is 35.0. The van der Waals surface area contributed by atoms with Crippen molar-refractivity contribution in [2.45, 2.75) is 81.7 Å². The van der Waals surface area contributed by atoms with Gasteiger partial charge in [0, 0.05) is 48.6 Å². The first-order valence-corrected chi connectivity index (χ1v) is 26.0. The molecule has 5 aliphatic rings. The summed E-state index contributed by atoms with van der Waals surface area (Å²) in [6, 6.07) is 9.54. The summed E-state index contributed by atoms with van der Waals surface area (Å²) in [6.45, 7) is 4.48. The van der Waals surface area contributed by atoms with Crippen LogP contribution in [0.1, 0.15) is 56.7 Å². The molecule has 7 nitrogen and oxygen atoms in total. The number of benzene rings is 2. The molecule has 0 aliphatic carbocycles. The van der Waals surface area contributed by atoms with E-state index in [2.05, 4.69) is 77.3 Å². The summed E-state index contributed by atoms with van der Waals surface area (Å²) in [5.41, 5.74) is 1.32. The second-order valence-electron chi connectivity index (χ2n) is 14.5. The predicted molar refractivity (Wildman–Crippen MR) is 217 cm³/mol. The molecule has 266 valence electrons. The lowest BCUT2D eigenvalue weighted by Crippen LogP contribution is -2.60. The summed E-state index contributed by atoms with van der Waals surface area (Å²) < 4.78 is 53.7. The maximum Gasteiger partial charge on any atom is 0.319 e. The van der Waals surface area contributed by atoms with E-state index in [1.54, 1.807) is 12.1 Å². The van der Waals surface area contributed by atoms with Gasteiger partial charge in [-0.3, -0.25) is 4.90 Å². The Morgan fingerprint density at radius 2 is 2.00 bits per heavy atom. The second kappa shape index (κ2) is 13.9. The highest BCUT2D eigenvalue weighted by atomic mass is 127. The van der Waals surface area contributed by atoms with Crippen molar-refractivity contribution >= 4 is 85.4 Å². The molecule has 9 rings (SSSR count). The van der Waals surface area contributed by atoms with Crippen LogP contribution in [0.15, 0.2) is 30.3 Å². The number of pyridine rings is 1. The monoisotopic (exact) mass is 954 g/mol. The van der Waals surface area contributed by atoms with Crippen LogP contribution in [0.3, 0.4) is 0 Å². The molecule has 4 aromatic rings. The number of nitrogens with one attached hydrogen (secondary N) is 1. The van der Waals surface area contributed by atoms with Gasteiger partial charge in [0.1, 0.15) is 35.6 Å². The average molecular weight is 955 g/mol. The van der Waals surface area contributed by atoms with Crippen molar-refractivity contribution < 1.29 is 17.9 Å². The zero-order valence-electron chi connectivity index (χ0n) is 27.9. The topological polar surface area (TPSA) is 66.4 Å². The van der Waals surface area contributed by atoms with Crippen LogP contribution < -0.4 is 15.0 Å². The van der Waals surface area contributed by atoms with Crippen LogP contribution in [-0.4, -0.2) is 75.9 Å². The van der Waals surface area contributed by atoms with Crippen LogP contribution in [-0.2, 0) is 6.42 Å². The summed E-state index contributed by atoms with van der Waals surface area (Å²) in [5, 5.41) is 8.83. The van der Waals surface area contributed by atoms with Crippen molar-refractivity contribution in [3.05, 3.63) is 53.2 Å². The van der Waals surface area contributed by atoms with E-state index in [4.69, 9.17) is 19.7 Å². The third kappa shape index (κ3) is 6.10. The number of ether oxygens (including phenoxy) is 1. The number of hydrogen-bond donors (Lipinski definition) is 1. The summed E-state index contributed by atoms with van der Waals surface area (Å²) >= 11 is 6.10. The van der Waals surface area contributed by atoms with Gasteiger partial charge in [0.2, 0.25) is 0 Å². The fraction of sp³-hybridized carbons (Fsp3) is 0.486. The summed E-state index contributed by atoms with van der Waals surface area (Å²) in [7, 11) is 0. The van der Waals surface area contributed by atoms with Gasteiger partial charge in [-0.05, 0) is 117 Å². The van der Waals surface area contributed by atoms with Crippen molar-refractivity contribution in [2.24, 2.45) is 5.92 Å². The predicted octanol–water partition coefficient (Wildman–Crippen LogP) is 9.11. The van der Waals surface area contributed by atoms with Crippen LogP contribution in [0.4, 0.5) is 19.0 Å². The third-order valence-electron chi connectivity index (χ3n) is 11.8. The Bertz CT molecular complexity index is 2120. The molecule has 4 saturated heterocycles. The Morgan fingerprint density at radius 3 is 2.84 bits per heavy atom. The molecular formula is C37H36F3I2N6OPS. The molecule has 5 aliphatic heterocycles. The van der Waals surface area contributed by atoms with E-state index < -0.39 is 25.8 Å². The smallest absolute Gasteiger partial charge is 0.319 e. The molecule has 0 amide bonds. The SMILES string of the molecule is CC[C@H]1Cc2nc(-c3cccc4ccc(F)c(C#CSP(I)I)c34)c(F)c3nc(OC[C@@]45CCCN4C[C@H](F)C5)nc(c23)N2C[C@H]3CC[C@H](N3)[C@H]12. The number of alkyl halides is 1. The Labute approximate surface area is 326 Å². The van der Waals surface area contributed by atoms with E-state index in [9.17, 15) is 4.39 Å². The van der Waals surface area contributed by atoms with Crippen molar-refractivity contribution in [3.8, 4) is 28.4 Å². The number of rotatable bonds is 6. The van der Waals surface area contributed by atoms with E-state index in [-0.39, 0.29) is 41.4 Å². The van der Waals surface area contributed by atoms with Crippen LogP contribution in [0.5, 0.6) is 6.01 Å². The first-order chi connectivity index (χ1) is 24.7. The lowest BCUT2D eigenvalue weighted by atomic mass is 9.86. The van der Waals surface area contributed by atoms with E-state index in [1.807, 2.05) is 12.1 Å². The van der Waals surface area contributed by atoms with Gasteiger partial charge in [0.15, 0.2) is 5.82 Å². The van der Waals surface area contributed by atoms with E-state index in [1.165, 1.54) is 17.4 Å². The van der Waals surface area contributed by atoms with Gasteiger partial charge in [-0.2, -0.15) is 9.97 Å². The first-order valence-electron chi connectivity index (χ1n) is 17.7. The lowest BCUT2D eigenvalue weighted by Gasteiger charge is -2.44. The van der Waals surface area contributed by atoms with Gasteiger partial charge < -0.3 is 15.0 Å². The quantitative estimate of drug-likeness (QED) is 0.117. The maximum absolute atomic E-state index is 17.5. The van der Waals surface area contributed by atoms with Gasteiger partial charge in [-0.15, -0.1) is 0 Å². The van der Waals surface area contributed by atoms with Gasteiger partial charge in [-0.1, -0.05) is 43.5 Å². The van der Waals surface area contributed by atoms with Crippen LogP contribution >= 0.6 is 57.9 Å². The number of hydrogen-bond acceptors (Lipinski definition) is 8. The first kappa shape index (κ1) is 35.0. The number of fused-ring (bicyclic) bond motifs is 7. The van der Waals surface area contributed by atoms with Gasteiger partial charge in [0.05, 0.1) is 24.6 Å². The minimum Gasteiger partial charge on any atom is -0.461 e. The largest absolute Gasteiger partial charge is 0.461 e. The van der Waals surface area contributed by atoms with Crippen molar-refractivity contribution in [1.29, 1.82) is 0 Å². The van der Waals surface area contributed by atoms with Crippen molar-refractivity contribution in [1.82, 2.24) is 25.2 Å². The Hall–Kier alpha value is -1.70. The maximum atomic E-state index is 17.5. The highest BCUT2D eigenvalue weighted by molar-refractivity contribution is 14.3. The van der Waals surface area contributed by atoms with Crippen LogP contribution in [0.25, 0.3) is 32.9 Å². The number of nitrogens with zero attached hydrogens (tertiary/aromatic N) is 5.